The van der Waals surface area contributed by atoms with E-state index in [1.54, 1.807) is 7.11 Å². The van der Waals surface area contributed by atoms with Crippen molar-refractivity contribution in [3.8, 4) is 17.0 Å². The van der Waals surface area contributed by atoms with E-state index >= 15 is 0 Å². The minimum absolute atomic E-state index is 0.0680. The van der Waals surface area contributed by atoms with Crippen LogP contribution in [0.4, 0.5) is 5.13 Å². The maximum Gasteiger partial charge on any atom is 0.331 e. The number of hydrogen-bond acceptors (Lipinski definition) is 6. The van der Waals surface area contributed by atoms with Crippen LogP contribution in [0.5, 0.6) is 5.75 Å². The van der Waals surface area contributed by atoms with Crippen molar-refractivity contribution in [1.29, 1.82) is 0 Å². The Labute approximate surface area is 236 Å². The third kappa shape index (κ3) is 7.35. The molecule has 0 unspecified atom stereocenters. The molecule has 1 amide bonds. The minimum Gasteiger partial charge on any atom is -0.496 e. The second kappa shape index (κ2) is 13.8. The molecule has 0 saturated carbocycles. The first kappa shape index (κ1) is 29.6. The Bertz CT molecular complexity index is 1310. The van der Waals surface area contributed by atoms with Gasteiger partial charge >= 0.3 is 5.97 Å². The third-order valence-electron chi connectivity index (χ3n) is 6.11. The lowest BCUT2D eigenvalue weighted by atomic mass is 10.1. The summed E-state index contributed by atoms with van der Waals surface area (Å²) in [5.74, 6) is -0.329. The van der Waals surface area contributed by atoms with Gasteiger partial charge in [-0.15, -0.1) is 11.3 Å². The zero-order valence-electron chi connectivity index (χ0n) is 21.6. The van der Waals surface area contributed by atoms with Crippen LogP contribution in [0.15, 0.2) is 41.3 Å². The summed E-state index contributed by atoms with van der Waals surface area (Å²) >= 11 is 13.9. The van der Waals surface area contributed by atoms with Gasteiger partial charge in [-0.25, -0.2) is 9.78 Å². The number of carbonyl (C=O) groups is 2. The number of benzene rings is 2. The number of amides is 1. The lowest BCUT2D eigenvalue weighted by Crippen LogP contribution is -2.12. The average Bonchev–Trinajstić information content (AvgIpc) is 3.36. The van der Waals surface area contributed by atoms with Crippen molar-refractivity contribution < 1.29 is 24.2 Å². The summed E-state index contributed by atoms with van der Waals surface area (Å²) in [6.07, 6.45) is 3.51. The summed E-state index contributed by atoms with van der Waals surface area (Å²) in [6.45, 7) is 6.88. The van der Waals surface area contributed by atoms with E-state index in [0.29, 0.717) is 41.3 Å². The second-order valence-corrected chi connectivity index (χ2v) is 10.3. The molecule has 1 aromatic heterocycles. The van der Waals surface area contributed by atoms with E-state index in [1.807, 2.05) is 23.6 Å². The number of carboxylic acids is 1. The third-order valence-corrected chi connectivity index (χ3v) is 7.49. The molecule has 2 N–H and O–H groups in total. The van der Waals surface area contributed by atoms with E-state index in [1.165, 1.54) is 36.5 Å². The Morgan fingerprint density at radius 1 is 1.18 bits per heavy atom. The number of rotatable bonds is 12. The Balaban J connectivity index is 1.77. The molecule has 0 aliphatic heterocycles. The summed E-state index contributed by atoms with van der Waals surface area (Å²) in [5.41, 5.74) is 2.99. The number of nitrogens with zero attached hydrogens (tertiary/aromatic N) is 1. The maximum atomic E-state index is 12.9. The monoisotopic (exact) mass is 576 g/mol. The van der Waals surface area contributed by atoms with E-state index in [-0.39, 0.29) is 21.2 Å². The minimum atomic E-state index is -1.09. The highest BCUT2D eigenvalue weighted by molar-refractivity contribution is 7.14. The van der Waals surface area contributed by atoms with Gasteiger partial charge in [-0.05, 0) is 37.1 Å². The number of nitrogens with one attached hydrogen (secondary N) is 1. The fraction of sp³-hybridized carbons (Fsp3) is 0.321. The molecule has 0 fully saturated rings. The smallest absolute Gasteiger partial charge is 0.331 e. The first-order valence-corrected chi connectivity index (χ1v) is 13.7. The molecule has 0 spiro atoms. The number of carbonyl (C=O) groups excluding carboxylic acids is 1. The predicted octanol–water partition coefficient (Wildman–Crippen LogP) is 7.82. The number of hydrogen-bond donors (Lipinski definition) is 2. The van der Waals surface area contributed by atoms with E-state index in [4.69, 9.17) is 37.8 Å². The Morgan fingerprint density at radius 3 is 2.47 bits per heavy atom. The molecule has 0 aliphatic rings. The van der Waals surface area contributed by atoms with Crippen LogP contribution in [0.2, 0.25) is 10.0 Å². The zero-order valence-corrected chi connectivity index (χ0v) is 24.0. The van der Waals surface area contributed by atoms with Crippen molar-refractivity contribution in [1.82, 2.24) is 4.98 Å². The first-order chi connectivity index (χ1) is 18.2. The van der Waals surface area contributed by atoms with Crippen molar-refractivity contribution in [3.63, 3.8) is 0 Å². The lowest BCUT2D eigenvalue weighted by Gasteiger charge is -2.15. The summed E-state index contributed by atoms with van der Waals surface area (Å²) in [6, 6.07) is 8.68. The molecule has 3 rings (SSSR count). The molecule has 202 valence electrons. The van der Waals surface area contributed by atoms with Crippen LogP contribution in [0.1, 0.15) is 55.1 Å². The molecule has 10 heteroatoms. The van der Waals surface area contributed by atoms with E-state index < -0.39 is 11.9 Å². The first-order valence-electron chi connectivity index (χ1n) is 12.1. The lowest BCUT2D eigenvalue weighted by molar-refractivity contribution is -0.132. The molecule has 0 atom stereocenters. The van der Waals surface area contributed by atoms with Gasteiger partial charge in [0.2, 0.25) is 0 Å². The highest BCUT2D eigenvalue weighted by Crippen LogP contribution is 2.36. The van der Waals surface area contributed by atoms with Gasteiger partial charge in [-0.3, -0.25) is 10.1 Å². The van der Waals surface area contributed by atoms with Crippen molar-refractivity contribution in [2.75, 3.05) is 19.0 Å². The number of para-hydroxylation sites is 1. The summed E-state index contributed by atoms with van der Waals surface area (Å²) in [4.78, 5) is 28.6. The molecule has 38 heavy (non-hydrogen) atoms. The molecule has 0 bridgehead atoms. The number of ether oxygens (including phenoxy) is 2. The van der Waals surface area contributed by atoms with E-state index in [9.17, 15) is 9.59 Å². The Kier molecular flexibility index (Phi) is 10.7. The van der Waals surface area contributed by atoms with Crippen LogP contribution in [-0.4, -0.2) is 35.7 Å². The van der Waals surface area contributed by atoms with Gasteiger partial charge in [0.25, 0.3) is 5.91 Å². The summed E-state index contributed by atoms with van der Waals surface area (Å²) in [5, 5.41) is 14.4. The average molecular weight is 578 g/mol. The number of anilines is 1. The van der Waals surface area contributed by atoms with Crippen LogP contribution in [-0.2, 0) is 16.1 Å². The molecule has 0 radical (unpaired) electrons. The molecule has 7 nitrogen and oxygen atoms in total. The van der Waals surface area contributed by atoms with E-state index in [2.05, 4.69) is 24.1 Å². The van der Waals surface area contributed by atoms with Gasteiger partial charge in [-0.2, -0.15) is 0 Å². The summed E-state index contributed by atoms with van der Waals surface area (Å²) in [7, 11) is 1.61. The van der Waals surface area contributed by atoms with Crippen LogP contribution in [0.25, 0.3) is 17.3 Å². The van der Waals surface area contributed by atoms with Gasteiger partial charge in [0.05, 0.1) is 29.5 Å². The van der Waals surface area contributed by atoms with Gasteiger partial charge in [-0.1, -0.05) is 62.0 Å². The quantitative estimate of drug-likeness (QED) is 0.213. The number of carboxylic acid groups (broad SMARTS) is 1. The van der Waals surface area contributed by atoms with Crippen molar-refractivity contribution in [2.45, 2.75) is 40.2 Å². The number of methoxy groups -OCH3 is 1. The largest absolute Gasteiger partial charge is 0.496 e. The number of thiazole rings is 1. The molecular weight excluding hydrogens is 547 g/mol. The molecule has 2 aromatic carbocycles. The molecule has 3 aromatic rings. The van der Waals surface area contributed by atoms with Gasteiger partial charge in [0.1, 0.15) is 5.75 Å². The standard InChI is InChI=1S/C28H30Cl2N2O5S/c1-5-17(6-2)13-37-14-18-8-7-9-20(25(18)36-4)24-15-38-28(31-24)32-26(33)19-11-22(29)21(23(30)12-19)10-16(3)27(34)35/h7-12,15,17H,5-6,13-14H2,1-4H3,(H,34,35)(H,31,32,33). The van der Waals surface area contributed by atoms with Crippen LogP contribution < -0.4 is 10.1 Å². The zero-order chi connectivity index (χ0) is 27.8. The number of halogens is 2. The highest BCUT2D eigenvalue weighted by Gasteiger charge is 2.17. The van der Waals surface area contributed by atoms with Crippen molar-refractivity contribution in [2.24, 2.45) is 5.92 Å². The Morgan fingerprint density at radius 2 is 1.87 bits per heavy atom. The summed E-state index contributed by atoms with van der Waals surface area (Å²) < 4.78 is 11.7. The molecular formula is C28H30Cl2N2O5S. The molecule has 1 heterocycles. The normalized spacial score (nSPS) is 11.6. The second-order valence-electron chi connectivity index (χ2n) is 8.67. The topological polar surface area (TPSA) is 97.8 Å². The molecule has 0 saturated heterocycles. The van der Waals surface area contributed by atoms with Gasteiger partial charge in [0.15, 0.2) is 5.13 Å². The van der Waals surface area contributed by atoms with Crippen molar-refractivity contribution in [3.05, 3.63) is 68.0 Å². The number of aromatic nitrogens is 1. The van der Waals surface area contributed by atoms with Crippen LogP contribution >= 0.6 is 34.5 Å². The van der Waals surface area contributed by atoms with Crippen molar-refractivity contribution >= 4 is 57.6 Å². The van der Waals surface area contributed by atoms with Crippen LogP contribution in [0.3, 0.4) is 0 Å². The molecule has 0 aliphatic carbocycles. The van der Waals surface area contributed by atoms with Gasteiger partial charge < -0.3 is 14.6 Å². The fourth-order valence-corrected chi connectivity index (χ4v) is 5.06. The Hall–Kier alpha value is -2.91. The highest BCUT2D eigenvalue weighted by atomic mass is 35.5. The van der Waals surface area contributed by atoms with Gasteiger partial charge in [0, 0.05) is 39.8 Å². The van der Waals surface area contributed by atoms with Crippen LogP contribution in [0, 0.1) is 5.92 Å². The fourth-order valence-electron chi connectivity index (χ4n) is 3.76. The maximum absolute atomic E-state index is 12.9. The predicted molar refractivity (Wildman–Crippen MR) is 154 cm³/mol. The number of aliphatic carboxylic acids is 1. The van der Waals surface area contributed by atoms with E-state index in [0.717, 1.165) is 24.0 Å². The SMILES string of the molecule is CCC(CC)COCc1cccc(-c2csc(NC(=O)c3cc(Cl)c(C=C(C)C(=O)O)c(Cl)c3)n2)c1OC.